The van der Waals surface area contributed by atoms with Crippen LogP contribution in [0.15, 0.2) is 85.5 Å². The van der Waals surface area contributed by atoms with Gasteiger partial charge in [0.2, 0.25) is 0 Å². The van der Waals surface area contributed by atoms with Gasteiger partial charge in [0.15, 0.2) is 0 Å². The number of ether oxygens (including phenoxy) is 1. The first-order valence-electron chi connectivity index (χ1n) is 14.0. The highest BCUT2D eigenvalue weighted by molar-refractivity contribution is 6.09. The molecular formula is C32H33N5O4. The van der Waals surface area contributed by atoms with Crippen LogP contribution in [0.2, 0.25) is 0 Å². The average molecular weight is 552 g/mol. The summed E-state index contributed by atoms with van der Waals surface area (Å²) in [5, 5.41) is 1.93. The van der Waals surface area contributed by atoms with Crippen molar-refractivity contribution in [3.05, 3.63) is 102 Å². The predicted molar refractivity (Wildman–Crippen MR) is 154 cm³/mol. The van der Waals surface area contributed by atoms with Gasteiger partial charge < -0.3 is 19.1 Å². The second-order valence-corrected chi connectivity index (χ2v) is 10.7. The van der Waals surface area contributed by atoms with E-state index in [4.69, 9.17) is 4.74 Å². The smallest absolute Gasteiger partial charge is 0.328 e. The number of aromatic nitrogens is 2. The highest BCUT2D eigenvalue weighted by atomic mass is 16.5. The van der Waals surface area contributed by atoms with Gasteiger partial charge in [-0.2, -0.15) is 0 Å². The van der Waals surface area contributed by atoms with Gasteiger partial charge in [-0.25, -0.2) is 9.78 Å². The number of urea groups is 1. The van der Waals surface area contributed by atoms with E-state index in [1.54, 1.807) is 28.4 Å². The number of nitrogens with zero attached hydrogens (tertiary/aromatic N) is 5. The Morgan fingerprint density at radius 1 is 0.976 bits per heavy atom. The molecule has 0 spiro atoms. The Labute approximate surface area is 238 Å². The third-order valence-corrected chi connectivity index (χ3v) is 8.15. The summed E-state index contributed by atoms with van der Waals surface area (Å²) in [5.41, 5.74) is 0.909. The number of imidazole rings is 1. The van der Waals surface area contributed by atoms with Crippen LogP contribution in [0.1, 0.15) is 34.8 Å². The highest BCUT2D eigenvalue weighted by Gasteiger charge is 2.55. The monoisotopic (exact) mass is 551 g/mol. The summed E-state index contributed by atoms with van der Waals surface area (Å²) in [6.45, 7) is 5.12. The zero-order valence-corrected chi connectivity index (χ0v) is 23.1. The molecule has 2 saturated heterocycles. The standard InChI is InChI=1S/C32H33N5O4/c1-32(28-12-5-9-25-8-2-3-11-27(25)28)30(39)36(15-6-14-34-16-13-33-23-34)31(40)37(32)22-24-7-4-10-26(21-24)29(38)35-17-19-41-20-18-35/h2-5,7-13,16,21,23H,6,14-15,17-20,22H2,1H3. The minimum absolute atomic E-state index is 0.0584. The molecule has 3 aromatic carbocycles. The van der Waals surface area contributed by atoms with E-state index < -0.39 is 5.54 Å². The van der Waals surface area contributed by atoms with Crippen LogP contribution in [-0.4, -0.2) is 74.9 Å². The lowest BCUT2D eigenvalue weighted by atomic mass is 9.86. The van der Waals surface area contributed by atoms with Gasteiger partial charge in [-0.1, -0.05) is 54.6 Å². The zero-order chi connectivity index (χ0) is 28.4. The summed E-state index contributed by atoms with van der Waals surface area (Å²) in [5.74, 6) is -0.304. The van der Waals surface area contributed by atoms with Gasteiger partial charge in [0.25, 0.3) is 11.8 Å². The number of morpholine rings is 1. The van der Waals surface area contributed by atoms with E-state index in [1.165, 1.54) is 4.90 Å². The van der Waals surface area contributed by atoms with E-state index in [2.05, 4.69) is 4.98 Å². The maximum absolute atomic E-state index is 14.2. The molecule has 4 amide bonds. The third-order valence-electron chi connectivity index (χ3n) is 8.15. The number of hydrogen-bond donors (Lipinski definition) is 0. The van der Waals surface area contributed by atoms with Gasteiger partial charge in [-0.15, -0.1) is 0 Å². The Morgan fingerprint density at radius 2 is 1.76 bits per heavy atom. The van der Waals surface area contributed by atoms with Crippen LogP contribution < -0.4 is 0 Å². The van der Waals surface area contributed by atoms with Crippen molar-refractivity contribution in [1.29, 1.82) is 0 Å². The second kappa shape index (κ2) is 11.2. The molecule has 0 aliphatic carbocycles. The number of rotatable bonds is 8. The minimum Gasteiger partial charge on any atom is -0.378 e. The Kier molecular flexibility index (Phi) is 7.28. The van der Waals surface area contributed by atoms with Gasteiger partial charge >= 0.3 is 6.03 Å². The average Bonchev–Trinajstić information content (AvgIpc) is 3.60. The summed E-state index contributed by atoms with van der Waals surface area (Å²) in [6, 6.07) is 20.8. The molecular weight excluding hydrogens is 518 g/mol. The predicted octanol–water partition coefficient (Wildman–Crippen LogP) is 4.28. The molecule has 2 aliphatic rings. The van der Waals surface area contributed by atoms with Crippen LogP contribution in [-0.2, 0) is 28.2 Å². The van der Waals surface area contributed by atoms with Crippen molar-refractivity contribution in [2.24, 2.45) is 0 Å². The molecule has 4 aromatic rings. The van der Waals surface area contributed by atoms with Crippen molar-refractivity contribution in [1.82, 2.24) is 24.3 Å². The van der Waals surface area contributed by atoms with E-state index in [9.17, 15) is 14.4 Å². The Hall–Kier alpha value is -4.50. The molecule has 2 fully saturated rings. The van der Waals surface area contributed by atoms with Gasteiger partial charge in [-0.05, 0) is 47.4 Å². The normalized spacial score (nSPS) is 19.4. The lowest BCUT2D eigenvalue weighted by Crippen LogP contribution is -2.44. The Balaban J connectivity index is 1.34. The van der Waals surface area contributed by atoms with E-state index >= 15 is 0 Å². The number of aryl methyl sites for hydroxylation is 1. The first-order valence-corrected chi connectivity index (χ1v) is 14.0. The zero-order valence-electron chi connectivity index (χ0n) is 23.1. The number of carbonyl (C=O) groups is 3. The first-order chi connectivity index (χ1) is 20.0. The molecule has 41 heavy (non-hydrogen) atoms. The third kappa shape index (κ3) is 4.97. The van der Waals surface area contributed by atoms with Crippen LogP contribution in [0.4, 0.5) is 4.79 Å². The van der Waals surface area contributed by atoms with E-state index in [0.29, 0.717) is 51.4 Å². The second-order valence-electron chi connectivity index (χ2n) is 10.7. The molecule has 1 atom stereocenters. The molecule has 1 unspecified atom stereocenters. The summed E-state index contributed by atoms with van der Waals surface area (Å²) in [4.78, 5) is 50.3. The van der Waals surface area contributed by atoms with Gasteiger partial charge in [0.05, 0.1) is 19.5 Å². The van der Waals surface area contributed by atoms with Crippen molar-refractivity contribution in [3.63, 3.8) is 0 Å². The fourth-order valence-electron chi connectivity index (χ4n) is 5.90. The lowest BCUT2D eigenvalue weighted by molar-refractivity contribution is -0.133. The van der Waals surface area contributed by atoms with E-state index in [1.807, 2.05) is 78.4 Å². The first kappa shape index (κ1) is 26.7. The quantitative estimate of drug-likeness (QED) is 0.305. The molecule has 1 aromatic heterocycles. The highest BCUT2D eigenvalue weighted by Crippen LogP contribution is 2.41. The summed E-state index contributed by atoms with van der Waals surface area (Å²) in [6.07, 6.45) is 5.91. The fraction of sp³-hybridized carbons (Fsp3) is 0.312. The van der Waals surface area contributed by atoms with Gasteiger partial charge in [0, 0.05) is 50.7 Å². The number of fused-ring (bicyclic) bond motifs is 1. The molecule has 6 rings (SSSR count). The molecule has 9 heteroatoms. The number of hydrogen-bond acceptors (Lipinski definition) is 5. The maximum atomic E-state index is 14.2. The Bertz CT molecular complexity index is 1570. The van der Waals surface area contributed by atoms with Crippen LogP contribution in [0.5, 0.6) is 0 Å². The lowest BCUT2D eigenvalue weighted by Gasteiger charge is -2.33. The molecule has 2 aliphatic heterocycles. The van der Waals surface area contributed by atoms with Crippen molar-refractivity contribution < 1.29 is 19.1 Å². The number of amides is 4. The molecule has 210 valence electrons. The minimum atomic E-state index is -1.23. The Morgan fingerprint density at radius 3 is 2.56 bits per heavy atom. The summed E-state index contributed by atoms with van der Waals surface area (Å²) in [7, 11) is 0. The van der Waals surface area contributed by atoms with Crippen LogP contribution in [0.3, 0.4) is 0 Å². The molecule has 0 radical (unpaired) electrons. The van der Waals surface area contributed by atoms with Crippen molar-refractivity contribution in [3.8, 4) is 0 Å². The van der Waals surface area contributed by atoms with Gasteiger partial charge in [-0.3, -0.25) is 14.5 Å². The number of carbonyl (C=O) groups excluding carboxylic acids is 3. The van der Waals surface area contributed by atoms with Crippen LogP contribution >= 0.6 is 0 Å². The van der Waals surface area contributed by atoms with Crippen molar-refractivity contribution >= 4 is 28.6 Å². The summed E-state index contributed by atoms with van der Waals surface area (Å²) >= 11 is 0. The number of imide groups is 1. The van der Waals surface area contributed by atoms with Crippen molar-refractivity contribution in [2.45, 2.75) is 32.0 Å². The van der Waals surface area contributed by atoms with Crippen LogP contribution in [0.25, 0.3) is 10.8 Å². The molecule has 9 nitrogen and oxygen atoms in total. The van der Waals surface area contributed by atoms with E-state index in [-0.39, 0.29) is 24.4 Å². The molecule has 0 N–H and O–H groups in total. The fourth-order valence-corrected chi connectivity index (χ4v) is 5.90. The maximum Gasteiger partial charge on any atom is 0.328 e. The largest absolute Gasteiger partial charge is 0.378 e. The SMILES string of the molecule is CC1(c2cccc3ccccc23)C(=O)N(CCCn2ccnc2)C(=O)N1Cc1cccc(C(=O)N2CCOCC2)c1. The van der Waals surface area contributed by atoms with Crippen molar-refractivity contribution in [2.75, 3.05) is 32.8 Å². The number of benzene rings is 3. The topological polar surface area (TPSA) is 88.0 Å². The molecule has 3 heterocycles. The molecule has 0 saturated carbocycles. The van der Waals surface area contributed by atoms with Gasteiger partial charge in [0.1, 0.15) is 5.54 Å². The molecule has 0 bridgehead atoms. The summed E-state index contributed by atoms with van der Waals surface area (Å²) < 4.78 is 7.33. The van der Waals surface area contributed by atoms with Crippen LogP contribution in [0, 0.1) is 0 Å². The van der Waals surface area contributed by atoms with E-state index in [0.717, 1.165) is 21.9 Å².